The van der Waals surface area contributed by atoms with Crippen molar-refractivity contribution in [3.63, 3.8) is 0 Å². The van der Waals surface area contributed by atoms with E-state index in [9.17, 15) is 4.79 Å². The Kier molecular flexibility index (Phi) is 8.14. The van der Waals surface area contributed by atoms with Gasteiger partial charge in [0.25, 0.3) is 0 Å². The standard InChI is InChI=1S/C22H35N5O2/c1-3-23-22(26-13-12-25-21(28)18-6-7-18)27-15-17-10-11-24-20(14-17)29-19-8-4-16(2)5-9-19/h10-11,14,16,18-19H,3-9,12-13,15H2,1-2H3,(H,25,28)(H2,23,26,27). The molecule has 1 amide bonds. The largest absolute Gasteiger partial charge is 0.474 e. The van der Waals surface area contributed by atoms with Gasteiger partial charge >= 0.3 is 0 Å². The molecular formula is C22H35N5O2. The van der Waals surface area contributed by atoms with E-state index in [-0.39, 0.29) is 17.9 Å². The second kappa shape index (κ2) is 11.0. The van der Waals surface area contributed by atoms with Gasteiger partial charge < -0.3 is 20.7 Å². The summed E-state index contributed by atoms with van der Waals surface area (Å²) in [6, 6.07) is 3.96. The van der Waals surface area contributed by atoms with Crippen LogP contribution in [-0.4, -0.2) is 42.6 Å². The van der Waals surface area contributed by atoms with Crippen molar-refractivity contribution in [1.82, 2.24) is 20.9 Å². The van der Waals surface area contributed by atoms with Gasteiger partial charge in [-0.05, 0) is 63.0 Å². The fraction of sp³-hybridized carbons (Fsp3) is 0.682. The third kappa shape index (κ3) is 7.55. The van der Waals surface area contributed by atoms with E-state index in [1.165, 1.54) is 12.8 Å². The lowest BCUT2D eigenvalue weighted by molar-refractivity contribution is -0.122. The van der Waals surface area contributed by atoms with E-state index in [0.29, 0.717) is 25.5 Å². The molecule has 0 aliphatic heterocycles. The Labute approximate surface area is 174 Å². The monoisotopic (exact) mass is 401 g/mol. The molecule has 2 aliphatic carbocycles. The van der Waals surface area contributed by atoms with Gasteiger partial charge in [-0.15, -0.1) is 0 Å². The summed E-state index contributed by atoms with van der Waals surface area (Å²) in [6.45, 7) is 6.93. The molecule has 2 fully saturated rings. The number of carbonyl (C=O) groups excluding carboxylic acids is 1. The first kappa shape index (κ1) is 21.4. The average Bonchev–Trinajstić information content (AvgIpc) is 3.57. The summed E-state index contributed by atoms with van der Waals surface area (Å²) < 4.78 is 6.09. The van der Waals surface area contributed by atoms with Crippen molar-refractivity contribution in [2.24, 2.45) is 16.8 Å². The third-order valence-corrected chi connectivity index (χ3v) is 5.48. The molecule has 160 valence electrons. The van der Waals surface area contributed by atoms with Crippen LogP contribution in [0.4, 0.5) is 0 Å². The van der Waals surface area contributed by atoms with Crippen LogP contribution < -0.4 is 20.7 Å². The van der Waals surface area contributed by atoms with Crippen LogP contribution in [0, 0.1) is 11.8 Å². The van der Waals surface area contributed by atoms with Gasteiger partial charge in [-0.25, -0.2) is 9.98 Å². The number of aliphatic imine (C=N–C) groups is 1. The second-order valence-electron chi connectivity index (χ2n) is 8.19. The predicted molar refractivity (Wildman–Crippen MR) is 115 cm³/mol. The van der Waals surface area contributed by atoms with Gasteiger partial charge in [-0.3, -0.25) is 4.79 Å². The maximum atomic E-state index is 11.7. The van der Waals surface area contributed by atoms with Crippen LogP contribution in [-0.2, 0) is 11.3 Å². The first-order valence-corrected chi connectivity index (χ1v) is 11.1. The summed E-state index contributed by atoms with van der Waals surface area (Å²) in [6.07, 6.45) is 8.80. The summed E-state index contributed by atoms with van der Waals surface area (Å²) >= 11 is 0. The molecule has 0 radical (unpaired) electrons. The molecule has 2 saturated carbocycles. The number of guanidine groups is 1. The molecule has 2 aliphatic rings. The number of ether oxygens (including phenoxy) is 1. The minimum Gasteiger partial charge on any atom is -0.474 e. The number of pyridine rings is 1. The summed E-state index contributed by atoms with van der Waals surface area (Å²) in [5, 5.41) is 9.46. The molecular weight excluding hydrogens is 366 g/mol. The molecule has 0 atom stereocenters. The summed E-state index contributed by atoms with van der Waals surface area (Å²) in [5.74, 6) is 2.66. The highest BCUT2D eigenvalue weighted by atomic mass is 16.5. The zero-order chi connectivity index (χ0) is 20.5. The van der Waals surface area contributed by atoms with E-state index in [0.717, 1.165) is 49.7 Å². The highest BCUT2D eigenvalue weighted by Gasteiger charge is 2.29. The van der Waals surface area contributed by atoms with Crippen molar-refractivity contribution < 1.29 is 9.53 Å². The average molecular weight is 402 g/mol. The number of hydrogen-bond donors (Lipinski definition) is 3. The molecule has 0 unspecified atom stereocenters. The fourth-order valence-corrected chi connectivity index (χ4v) is 3.50. The van der Waals surface area contributed by atoms with Crippen LogP contribution in [0.3, 0.4) is 0 Å². The molecule has 1 heterocycles. The number of nitrogens with one attached hydrogen (secondary N) is 3. The number of nitrogens with zero attached hydrogens (tertiary/aromatic N) is 2. The van der Waals surface area contributed by atoms with Crippen LogP contribution in [0.5, 0.6) is 5.88 Å². The highest BCUT2D eigenvalue weighted by Crippen LogP contribution is 2.28. The van der Waals surface area contributed by atoms with E-state index in [1.807, 2.05) is 19.1 Å². The minimum absolute atomic E-state index is 0.172. The van der Waals surface area contributed by atoms with E-state index in [4.69, 9.17) is 4.74 Å². The van der Waals surface area contributed by atoms with Gasteiger partial charge in [0.2, 0.25) is 11.8 Å². The normalized spacial score (nSPS) is 22.1. The van der Waals surface area contributed by atoms with E-state index in [1.54, 1.807) is 6.20 Å². The lowest BCUT2D eigenvalue weighted by atomic mass is 9.89. The van der Waals surface area contributed by atoms with Crippen LogP contribution in [0.15, 0.2) is 23.3 Å². The molecule has 7 nitrogen and oxygen atoms in total. The van der Waals surface area contributed by atoms with E-state index in [2.05, 4.69) is 32.9 Å². The van der Waals surface area contributed by atoms with Crippen LogP contribution >= 0.6 is 0 Å². The van der Waals surface area contributed by atoms with Crippen molar-refractivity contribution in [1.29, 1.82) is 0 Å². The predicted octanol–water partition coefficient (Wildman–Crippen LogP) is 2.62. The molecule has 7 heteroatoms. The van der Waals surface area contributed by atoms with Crippen molar-refractivity contribution in [2.45, 2.75) is 65.0 Å². The Balaban J connectivity index is 1.45. The van der Waals surface area contributed by atoms with E-state index >= 15 is 0 Å². The highest BCUT2D eigenvalue weighted by molar-refractivity contribution is 5.81. The van der Waals surface area contributed by atoms with Crippen molar-refractivity contribution in [3.8, 4) is 5.88 Å². The van der Waals surface area contributed by atoms with Gasteiger partial charge in [-0.1, -0.05) is 6.92 Å². The fourth-order valence-electron chi connectivity index (χ4n) is 3.50. The zero-order valence-electron chi connectivity index (χ0n) is 17.7. The Morgan fingerprint density at radius 2 is 1.90 bits per heavy atom. The van der Waals surface area contributed by atoms with Gasteiger partial charge in [-0.2, -0.15) is 0 Å². The minimum atomic E-state index is 0.172. The number of aromatic nitrogens is 1. The lowest BCUT2D eigenvalue weighted by Gasteiger charge is -2.26. The van der Waals surface area contributed by atoms with Gasteiger partial charge in [0.15, 0.2) is 5.96 Å². The van der Waals surface area contributed by atoms with Gasteiger partial charge in [0.1, 0.15) is 6.10 Å². The Hall–Kier alpha value is -2.31. The number of rotatable bonds is 9. The molecule has 29 heavy (non-hydrogen) atoms. The zero-order valence-corrected chi connectivity index (χ0v) is 17.7. The second-order valence-corrected chi connectivity index (χ2v) is 8.19. The summed E-state index contributed by atoms with van der Waals surface area (Å²) in [5.41, 5.74) is 1.07. The number of amides is 1. The lowest BCUT2D eigenvalue weighted by Crippen LogP contribution is -2.41. The van der Waals surface area contributed by atoms with E-state index < -0.39 is 0 Å². The Morgan fingerprint density at radius 3 is 2.62 bits per heavy atom. The number of hydrogen-bond acceptors (Lipinski definition) is 4. The van der Waals surface area contributed by atoms with Gasteiger partial charge in [0, 0.05) is 37.8 Å². The van der Waals surface area contributed by atoms with Crippen molar-refractivity contribution in [3.05, 3.63) is 23.9 Å². The maximum absolute atomic E-state index is 11.7. The third-order valence-electron chi connectivity index (χ3n) is 5.48. The van der Waals surface area contributed by atoms with Crippen LogP contribution in [0.1, 0.15) is 57.9 Å². The first-order valence-electron chi connectivity index (χ1n) is 11.1. The quantitative estimate of drug-likeness (QED) is 0.336. The topological polar surface area (TPSA) is 87.6 Å². The smallest absolute Gasteiger partial charge is 0.223 e. The Bertz CT molecular complexity index is 682. The molecule has 3 N–H and O–H groups in total. The molecule has 0 aromatic carbocycles. The molecule has 0 spiro atoms. The Morgan fingerprint density at radius 1 is 1.14 bits per heavy atom. The van der Waals surface area contributed by atoms with Crippen LogP contribution in [0.2, 0.25) is 0 Å². The van der Waals surface area contributed by atoms with Crippen molar-refractivity contribution in [2.75, 3.05) is 19.6 Å². The molecule has 3 rings (SSSR count). The summed E-state index contributed by atoms with van der Waals surface area (Å²) in [4.78, 5) is 20.7. The molecule has 0 saturated heterocycles. The van der Waals surface area contributed by atoms with Crippen molar-refractivity contribution >= 4 is 11.9 Å². The summed E-state index contributed by atoms with van der Waals surface area (Å²) in [7, 11) is 0. The SMILES string of the molecule is CCNC(=NCc1ccnc(OC2CCC(C)CC2)c1)NCCNC(=O)C1CC1. The molecule has 0 bridgehead atoms. The maximum Gasteiger partial charge on any atom is 0.223 e. The molecule has 1 aromatic heterocycles. The van der Waals surface area contributed by atoms with Crippen LogP contribution in [0.25, 0.3) is 0 Å². The first-order chi connectivity index (χ1) is 14.1. The van der Waals surface area contributed by atoms with Gasteiger partial charge in [0.05, 0.1) is 6.54 Å². The number of carbonyl (C=O) groups is 1. The molecule has 1 aromatic rings.